The molecule has 0 unspecified atom stereocenters. The van der Waals surface area contributed by atoms with Gasteiger partial charge in [-0.2, -0.15) is 0 Å². The molecular weight excluding hydrogens is 536 g/mol. The van der Waals surface area contributed by atoms with Crippen LogP contribution < -0.4 is 10.2 Å². The van der Waals surface area contributed by atoms with Gasteiger partial charge in [-0.05, 0) is 78.9 Å². The van der Waals surface area contributed by atoms with Gasteiger partial charge in [-0.25, -0.2) is 0 Å². The van der Waals surface area contributed by atoms with Gasteiger partial charge in [-0.1, -0.05) is 44.0 Å². The lowest BCUT2D eigenvalue weighted by Gasteiger charge is -2.29. The third-order valence-corrected chi connectivity index (χ3v) is 6.71. The number of hydrogen-bond donors (Lipinski definition) is 1. The number of rotatable bonds is 4. The molecule has 0 aliphatic carbocycles. The lowest BCUT2D eigenvalue weighted by molar-refractivity contribution is 0.549. The summed E-state index contributed by atoms with van der Waals surface area (Å²) in [5.41, 5.74) is 4.20. The summed E-state index contributed by atoms with van der Waals surface area (Å²) in [6.45, 7) is 0. The normalized spacial score (nSPS) is 18.3. The summed E-state index contributed by atoms with van der Waals surface area (Å²) in [5, 5.41) is 4.21. The van der Waals surface area contributed by atoms with Crippen molar-refractivity contribution in [2.45, 2.75) is 12.1 Å². The second kappa shape index (κ2) is 8.57. The van der Waals surface area contributed by atoms with Crippen LogP contribution in [0.25, 0.3) is 5.69 Å². The van der Waals surface area contributed by atoms with Crippen molar-refractivity contribution in [3.8, 4) is 5.69 Å². The van der Waals surface area contributed by atoms with E-state index in [0.29, 0.717) is 5.11 Å². The smallest absolute Gasteiger partial charge is 0.174 e. The van der Waals surface area contributed by atoms with E-state index >= 15 is 0 Å². The molecular formula is C24H18Br2N4S. The van der Waals surface area contributed by atoms with Crippen molar-refractivity contribution in [2.75, 3.05) is 4.90 Å². The maximum atomic E-state index is 5.82. The van der Waals surface area contributed by atoms with E-state index in [1.807, 2.05) is 48.7 Å². The highest BCUT2D eigenvalue weighted by Gasteiger charge is 2.42. The molecule has 7 heteroatoms. The molecule has 31 heavy (non-hydrogen) atoms. The van der Waals surface area contributed by atoms with Gasteiger partial charge >= 0.3 is 0 Å². The van der Waals surface area contributed by atoms with Crippen molar-refractivity contribution in [3.05, 3.63) is 112 Å². The summed E-state index contributed by atoms with van der Waals surface area (Å²) in [6, 6.07) is 26.6. The summed E-state index contributed by atoms with van der Waals surface area (Å²) < 4.78 is 4.28. The summed E-state index contributed by atoms with van der Waals surface area (Å²) in [6.07, 6.45) is 3.92. The zero-order chi connectivity index (χ0) is 21.4. The molecule has 2 atom stereocenters. The fourth-order valence-corrected chi connectivity index (χ4v) is 5.03. The van der Waals surface area contributed by atoms with Crippen LogP contribution in [0, 0.1) is 0 Å². The van der Waals surface area contributed by atoms with Crippen LogP contribution >= 0.6 is 44.1 Å². The number of thiocarbonyl (C=S) groups is 1. The van der Waals surface area contributed by atoms with E-state index in [4.69, 9.17) is 12.2 Å². The minimum absolute atomic E-state index is 0.0717. The van der Waals surface area contributed by atoms with Crippen molar-refractivity contribution < 1.29 is 0 Å². The number of hydrogen-bond acceptors (Lipinski definition) is 2. The van der Waals surface area contributed by atoms with Crippen molar-refractivity contribution in [3.63, 3.8) is 0 Å². The third-order valence-electron chi connectivity index (χ3n) is 5.37. The Hall–Kier alpha value is -2.48. The van der Waals surface area contributed by atoms with Crippen LogP contribution in [0.5, 0.6) is 0 Å². The molecule has 4 nitrogen and oxygen atoms in total. The Morgan fingerprint density at radius 3 is 2.42 bits per heavy atom. The fraction of sp³-hybridized carbons (Fsp3) is 0.0833. The first-order valence-electron chi connectivity index (χ1n) is 9.81. The molecule has 0 radical (unpaired) electrons. The van der Waals surface area contributed by atoms with Crippen LogP contribution in [0.2, 0.25) is 0 Å². The average Bonchev–Trinajstić information content (AvgIpc) is 3.39. The maximum absolute atomic E-state index is 5.82. The summed E-state index contributed by atoms with van der Waals surface area (Å²) in [5.74, 6) is 0. The molecule has 0 saturated carbocycles. The standard InChI is InChI=1S/C24H18Br2N4S/c25-16-9-11-18(12-10-16)30-23(22(28-24(30)31)20-7-1-2-13-27-20)21-8-4-14-29(21)19-6-3-5-17(26)15-19/h1-15,22-23H,(H,28,31)/t22-,23+/m0/s1. The predicted octanol–water partition coefficient (Wildman–Crippen LogP) is 6.57. The first-order valence-corrected chi connectivity index (χ1v) is 11.8. The molecule has 1 fully saturated rings. The Kier molecular flexibility index (Phi) is 5.65. The Balaban J connectivity index is 1.67. The van der Waals surface area contributed by atoms with Gasteiger partial charge in [0, 0.05) is 38.4 Å². The van der Waals surface area contributed by atoms with Gasteiger partial charge in [0.25, 0.3) is 0 Å². The molecule has 2 aromatic heterocycles. The number of pyridine rings is 1. The number of benzene rings is 2. The van der Waals surface area contributed by atoms with E-state index in [9.17, 15) is 0 Å². The lowest BCUT2D eigenvalue weighted by atomic mass is 10.0. The van der Waals surface area contributed by atoms with Crippen molar-refractivity contribution in [1.82, 2.24) is 14.9 Å². The van der Waals surface area contributed by atoms with Gasteiger partial charge < -0.3 is 14.8 Å². The van der Waals surface area contributed by atoms with Crippen molar-refractivity contribution in [2.24, 2.45) is 0 Å². The zero-order valence-electron chi connectivity index (χ0n) is 16.3. The molecule has 154 valence electrons. The predicted molar refractivity (Wildman–Crippen MR) is 136 cm³/mol. The van der Waals surface area contributed by atoms with Gasteiger partial charge in [0.2, 0.25) is 0 Å². The average molecular weight is 554 g/mol. The molecule has 2 aromatic carbocycles. The summed E-state index contributed by atoms with van der Waals surface area (Å²) in [4.78, 5) is 6.83. The molecule has 1 saturated heterocycles. The van der Waals surface area contributed by atoms with Crippen LogP contribution in [0.4, 0.5) is 5.69 Å². The largest absolute Gasteiger partial charge is 0.351 e. The third kappa shape index (κ3) is 3.93. The van der Waals surface area contributed by atoms with Gasteiger partial charge in [0.1, 0.15) is 6.04 Å². The Labute approximate surface area is 203 Å². The molecule has 1 aliphatic rings. The molecule has 0 spiro atoms. The quantitative estimate of drug-likeness (QED) is 0.290. The molecule has 1 aliphatic heterocycles. The highest BCUT2D eigenvalue weighted by atomic mass is 79.9. The van der Waals surface area contributed by atoms with E-state index in [1.54, 1.807) is 0 Å². The van der Waals surface area contributed by atoms with Crippen LogP contribution in [-0.2, 0) is 0 Å². The second-order valence-corrected chi connectivity index (χ2v) is 9.47. The fourth-order valence-electron chi connectivity index (χ4n) is 4.03. The monoisotopic (exact) mass is 552 g/mol. The van der Waals surface area contributed by atoms with Crippen molar-refractivity contribution >= 4 is 54.9 Å². The number of nitrogens with zero attached hydrogens (tertiary/aromatic N) is 3. The number of nitrogens with one attached hydrogen (secondary N) is 1. The molecule has 5 rings (SSSR count). The molecule has 1 N–H and O–H groups in total. The lowest BCUT2D eigenvalue weighted by Crippen LogP contribution is -2.30. The Bertz CT molecular complexity index is 1220. The first-order chi connectivity index (χ1) is 15.1. The van der Waals surface area contributed by atoms with E-state index in [1.165, 1.54) is 0 Å². The van der Waals surface area contributed by atoms with Gasteiger partial charge in [-0.15, -0.1) is 0 Å². The van der Waals surface area contributed by atoms with E-state index in [2.05, 4.69) is 94.2 Å². The maximum Gasteiger partial charge on any atom is 0.174 e. The zero-order valence-corrected chi connectivity index (χ0v) is 20.3. The topological polar surface area (TPSA) is 33.1 Å². The number of anilines is 1. The van der Waals surface area contributed by atoms with E-state index in [-0.39, 0.29) is 12.1 Å². The van der Waals surface area contributed by atoms with E-state index < -0.39 is 0 Å². The number of halogens is 2. The molecule has 0 amide bonds. The minimum Gasteiger partial charge on any atom is -0.351 e. The van der Waals surface area contributed by atoms with Gasteiger partial charge in [0.15, 0.2) is 5.11 Å². The van der Waals surface area contributed by atoms with Crippen LogP contribution in [-0.4, -0.2) is 14.7 Å². The van der Waals surface area contributed by atoms with Crippen molar-refractivity contribution in [1.29, 1.82) is 0 Å². The van der Waals surface area contributed by atoms with Crippen LogP contribution in [0.3, 0.4) is 0 Å². The highest BCUT2D eigenvalue weighted by Crippen LogP contribution is 2.42. The van der Waals surface area contributed by atoms with Gasteiger partial charge in [0.05, 0.1) is 11.7 Å². The van der Waals surface area contributed by atoms with Gasteiger partial charge in [-0.3, -0.25) is 4.98 Å². The SMILES string of the molecule is S=C1N[C@@H](c2ccccn2)[C@@H](c2cccn2-c2cccc(Br)c2)N1c1ccc(Br)cc1. The highest BCUT2D eigenvalue weighted by molar-refractivity contribution is 9.10. The van der Waals surface area contributed by atoms with E-state index in [0.717, 1.165) is 31.7 Å². The molecule has 4 aromatic rings. The summed E-state index contributed by atoms with van der Waals surface area (Å²) >= 11 is 13.0. The molecule has 3 heterocycles. The first kappa shape index (κ1) is 20.4. The summed E-state index contributed by atoms with van der Waals surface area (Å²) in [7, 11) is 0. The molecule has 0 bridgehead atoms. The van der Waals surface area contributed by atoms with Crippen LogP contribution in [0.1, 0.15) is 23.5 Å². The Morgan fingerprint density at radius 1 is 0.839 bits per heavy atom. The Morgan fingerprint density at radius 2 is 1.68 bits per heavy atom. The second-order valence-electron chi connectivity index (χ2n) is 7.26. The van der Waals surface area contributed by atoms with Crippen LogP contribution in [0.15, 0.2) is 100 Å². The number of aromatic nitrogens is 2. The minimum atomic E-state index is -0.0850.